The van der Waals surface area contributed by atoms with Crippen molar-refractivity contribution in [1.82, 2.24) is 14.0 Å². The summed E-state index contributed by atoms with van der Waals surface area (Å²) in [4.78, 5) is 14.8. The minimum Gasteiger partial charge on any atom is -0.322 e. The number of benzene rings is 1. The largest absolute Gasteiger partial charge is 0.322 e. The average Bonchev–Trinajstić information content (AvgIpc) is 2.36. The lowest BCUT2D eigenvalue weighted by Crippen LogP contribution is -2.36. The average molecular weight is 309 g/mol. The summed E-state index contributed by atoms with van der Waals surface area (Å²) < 4.78 is 26.8. The van der Waals surface area contributed by atoms with Crippen molar-refractivity contribution < 1.29 is 8.42 Å². The molecule has 0 fully saturated rings. The van der Waals surface area contributed by atoms with E-state index in [0.717, 1.165) is 26.3 Å². The van der Waals surface area contributed by atoms with E-state index in [4.69, 9.17) is 0 Å². The first-order chi connectivity index (χ1) is 9.70. The first kappa shape index (κ1) is 15.7. The number of nitrogens with zero attached hydrogens (tertiary/aromatic N) is 1. The Morgan fingerprint density at radius 1 is 1.19 bits per heavy atom. The second kappa shape index (κ2) is 5.59. The first-order valence-electron chi connectivity index (χ1n) is 6.51. The van der Waals surface area contributed by atoms with Gasteiger partial charge in [0.2, 0.25) is 0 Å². The van der Waals surface area contributed by atoms with E-state index in [2.05, 4.69) is 9.71 Å². The Hall–Kier alpha value is -1.70. The van der Waals surface area contributed by atoms with Crippen molar-refractivity contribution in [3.8, 4) is 0 Å². The Kier molecular flexibility index (Phi) is 4.18. The summed E-state index contributed by atoms with van der Waals surface area (Å²) in [5.41, 5.74) is 2.97. The number of fused-ring (bicyclic) bond motifs is 1. The zero-order valence-corrected chi connectivity index (χ0v) is 13.3. The van der Waals surface area contributed by atoms with E-state index < -0.39 is 10.2 Å². The van der Waals surface area contributed by atoms with Crippen LogP contribution in [0.15, 0.2) is 23.0 Å². The Labute approximate surface area is 124 Å². The van der Waals surface area contributed by atoms with Gasteiger partial charge in [-0.2, -0.15) is 17.4 Å². The molecule has 2 N–H and O–H groups in total. The van der Waals surface area contributed by atoms with E-state index in [-0.39, 0.29) is 12.1 Å². The summed E-state index contributed by atoms with van der Waals surface area (Å²) in [5.74, 6) is 0. The molecule has 0 unspecified atom stereocenters. The van der Waals surface area contributed by atoms with Crippen molar-refractivity contribution in [2.75, 3.05) is 14.1 Å². The number of aryl methyl sites for hydroxylation is 2. The zero-order chi connectivity index (χ0) is 15.8. The second-order valence-corrected chi connectivity index (χ2v) is 7.24. The lowest BCUT2D eigenvalue weighted by atomic mass is 10.0. The van der Waals surface area contributed by atoms with Crippen LogP contribution in [0.2, 0.25) is 0 Å². The molecule has 0 saturated heterocycles. The van der Waals surface area contributed by atoms with Gasteiger partial charge in [-0.25, -0.2) is 0 Å². The molecule has 1 aromatic heterocycles. The van der Waals surface area contributed by atoms with Crippen molar-refractivity contribution in [2.45, 2.75) is 20.4 Å². The van der Waals surface area contributed by atoms with Gasteiger partial charge in [0, 0.05) is 37.1 Å². The molecular formula is C14H19N3O3S. The Balaban J connectivity index is 2.42. The molecule has 1 heterocycles. The molecule has 0 bridgehead atoms. The monoisotopic (exact) mass is 309 g/mol. The summed E-state index contributed by atoms with van der Waals surface area (Å²) in [7, 11) is -0.692. The van der Waals surface area contributed by atoms with Crippen molar-refractivity contribution in [1.29, 1.82) is 0 Å². The standard InChI is InChI=1S/C14H19N3O3S/c1-9-5-10(2)12-7-11(14(18)16-13(12)6-9)8-15-21(19,20)17(3)4/h5-7,15H,8H2,1-4H3,(H,16,18). The van der Waals surface area contributed by atoms with Crippen molar-refractivity contribution in [3.05, 3.63) is 45.2 Å². The minimum absolute atomic E-state index is 0.0426. The number of aromatic nitrogens is 1. The maximum absolute atomic E-state index is 12.0. The maximum Gasteiger partial charge on any atom is 0.279 e. The number of hydrogen-bond donors (Lipinski definition) is 2. The SMILES string of the molecule is Cc1cc(C)c2cc(CNS(=O)(=O)N(C)C)c(=O)[nH]c2c1. The molecule has 0 aliphatic heterocycles. The molecule has 0 spiro atoms. The number of aromatic amines is 1. The highest BCUT2D eigenvalue weighted by molar-refractivity contribution is 7.87. The fourth-order valence-corrected chi connectivity index (χ4v) is 2.74. The summed E-state index contributed by atoms with van der Waals surface area (Å²) >= 11 is 0. The molecule has 21 heavy (non-hydrogen) atoms. The van der Waals surface area contributed by atoms with Gasteiger partial charge in [-0.15, -0.1) is 0 Å². The van der Waals surface area contributed by atoms with Gasteiger partial charge in [0.1, 0.15) is 0 Å². The van der Waals surface area contributed by atoms with Crippen LogP contribution in [0.4, 0.5) is 0 Å². The lowest BCUT2D eigenvalue weighted by molar-refractivity contribution is 0.505. The fraction of sp³-hybridized carbons (Fsp3) is 0.357. The van der Waals surface area contributed by atoms with Gasteiger partial charge in [0.25, 0.3) is 15.8 Å². The van der Waals surface area contributed by atoms with Crippen LogP contribution in [0.1, 0.15) is 16.7 Å². The van der Waals surface area contributed by atoms with Crippen LogP contribution in [0.25, 0.3) is 10.9 Å². The number of hydrogen-bond acceptors (Lipinski definition) is 3. The second-order valence-electron chi connectivity index (χ2n) is 5.28. The van der Waals surface area contributed by atoms with Crippen LogP contribution in [-0.4, -0.2) is 31.8 Å². The number of rotatable bonds is 4. The third-order valence-electron chi connectivity index (χ3n) is 3.32. The van der Waals surface area contributed by atoms with Crippen molar-refractivity contribution in [2.24, 2.45) is 0 Å². The van der Waals surface area contributed by atoms with Gasteiger partial charge in [0.15, 0.2) is 0 Å². The zero-order valence-electron chi connectivity index (χ0n) is 12.5. The van der Waals surface area contributed by atoms with E-state index in [9.17, 15) is 13.2 Å². The maximum atomic E-state index is 12.0. The Morgan fingerprint density at radius 2 is 1.86 bits per heavy atom. The molecule has 0 aliphatic carbocycles. The molecule has 0 atom stereocenters. The minimum atomic E-state index is -3.55. The van der Waals surface area contributed by atoms with Gasteiger partial charge >= 0.3 is 0 Å². The van der Waals surface area contributed by atoms with Gasteiger partial charge in [-0.05, 0) is 37.1 Å². The van der Waals surface area contributed by atoms with Gasteiger partial charge in [-0.1, -0.05) is 6.07 Å². The molecule has 0 amide bonds. The normalized spacial score (nSPS) is 12.2. The van der Waals surface area contributed by atoms with E-state index >= 15 is 0 Å². The van der Waals surface area contributed by atoms with Crippen LogP contribution >= 0.6 is 0 Å². The Morgan fingerprint density at radius 3 is 2.48 bits per heavy atom. The quantitative estimate of drug-likeness (QED) is 0.885. The van der Waals surface area contributed by atoms with Gasteiger partial charge < -0.3 is 4.98 Å². The summed E-state index contributed by atoms with van der Waals surface area (Å²) in [6.07, 6.45) is 0. The predicted molar refractivity (Wildman–Crippen MR) is 83.5 cm³/mol. The van der Waals surface area contributed by atoms with E-state index in [1.54, 1.807) is 6.07 Å². The highest BCUT2D eigenvalue weighted by atomic mass is 32.2. The third kappa shape index (κ3) is 3.31. The van der Waals surface area contributed by atoms with Crippen LogP contribution in [-0.2, 0) is 16.8 Å². The number of H-pyrrole nitrogens is 1. The van der Waals surface area contributed by atoms with Crippen LogP contribution in [0.3, 0.4) is 0 Å². The van der Waals surface area contributed by atoms with Gasteiger partial charge in [0.05, 0.1) is 0 Å². The van der Waals surface area contributed by atoms with Gasteiger partial charge in [-0.3, -0.25) is 4.79 Å². The summed E-state index contributed by atoms with van der Waals surface area (Å²) in [5, 5.41) is 0.916. The van der Waals surface area contributed by atoms with E-state index in [0.29, 0.717) is 5.56 Å². The molecule has 114 valence electrons. The molecule has 1 aromatic carbocycles. The van der Waals surface area contributed by atoms with Crippen molar-refractivity contribution in [3.63, 3.8) is 0 Å². The third-order valence-corrected chi connectivity index (χ3v) is 4.79. The smallest absolute Gasteiger partial charge is 0.279 e. The molecule has 6 nitrogen and oxygen atoms in total. The topological polar surface area (TPSA) is 82.3 Å². The molecule has 2 rings (SSSR count). The van der Waals surface area contributed by atoms with Crippen LogP contribution in [0.5, 0.6) is 0 Å². The Bertz CT molecular complexity index is 838. The predicted octanol–water partition coefficient (Wildman–Crippen LogP) is 1.04. The first-order valence-corrected chi connectivity index (χ1v) is 7.95. The van der Waals surface area contributed by atoms with E-state index in [1.807, 2.05) is 26.0 Å². The molecular weight excluding hydrogens is 290 g/mol. The highest BCUT2D eigenvalue weighted by Gasteiger charge is 2.14. The molecule has 2 aromatic rings. The van der Waals surface area contributed by atoms with Crippen LogP contribution in [0, 0.1) is 13.8 Å². The molecule has 7 heteroatoms. The summed E-state index contributed by atoms with van der Waals surface area (Å²) in [6, 6.07) is 5.66. The number of pyridine rings is 1. The fourth-order valence-electron chi connectivity index (χ4n) is 2.15. The van der Waals surface area contributed by atoms with Crippen LogP contribution < -0.4 is 10.3 Å². The molecule has 0 aliphatic rings. The highest BCUT2D eigenvalue weighted by Crippen LogP contribution is 2.18. The molecule has 0 radical (unpaired) electrons. The molecule has 0 saturated carbocycles. The van der Waals surface area contributed by atoms with E-state index in [1.165, 1.54) is 14.1 Å². The lowest BCUT2D eigenvalue weighted by Gasteiger charge is -2.12. The number of nitrogens with one attached hydrogen (secondary N) is 2. The van der Waals surface area contributed by atoms with Crippen molar-refractivity contribution >= 4 is 21.1 Å². The summed E-state index contributed by atoms with van der Waals surface area (Å²) in [6.45, 7) is 3.88.